The maximum absolute atomic E-state index is 12.5. The summed E-state index contributed by atoms with van der Waals surface area (Å²) in [6.45, 7) is 4.31. The number of unbranched alkanes of at least 4 members (excludes halogenated alkanes) is 1. The highest BCUT2D eigenvalue weighted by atomic mass is 35.5. The Morgan fingerprint density at radius 3 is 2.38 bits per heavy atom. The molecule has 176 valence electrons. The molecule has 0 saturated carbocycles. The Bertz CT molecular complexity index is 946. The van der Waals surface area contributed by atoms with Crippen LogP contribution < -0.4 is 16.8 Å². The first kappa shape index (κ1) is 29.5. The molecule has 6 nitrogen and oxygen atoms in total. The molecule has 7 N–H and O–H groups in total. The summed E-state index contributed by atoms with van der Waals surface area (Å²) < 4.78 is 0. The second kappa shape index (κ2) is 14.5. The molecular weight excluding hydrogens is 449 g/mol. The van der Waals surface area contributed by atoms with Gasteiger partial charge in [-0.25, -0.2) is 0 Å². The lowest BCUT2D eigenvalue weighted by molar-refractivity contribution is -0.117. The van der Waals surface area contributed by atoms with Crippen LogP contribution in [0.25, 0.3) is 23.3 Å². The molecule has 32 heavy (non-hydrogen) atoms. The number of anilines is 1. The van der Waals surface area contributed by atoms with Crippen LogP contribution in [-0.2, 0) is 4.79 Å². The van der Waals surface area contributed by atoms with E-state index in [4.69, 9.17) is 11.5 Å². The number of phenolic OH excluding ortho intramolecular Hbond substituents is 2. The number of halogens is 2. The predicted molar refractivity (Wildman–Crippen MR) is 139 cm³/mol. The summed E-state index contributed by atoms with van der Waals surface area (Å²) in [6, 6.07) is 7.95. The number of phenols is 2. The fourth-order valence-corrected chi connectivity index (χ4v) is 3.16. The Morgan fingerprint density at radius 2 is 1.75 bits per heavy atom. The van der Waals surface area contributed by atoms with E-state index in [0.29, 0.717) is 35.3 Å². The molecule has 0 heterocycles. The fraction of sp³-hybridized carbons (Fsp3) is 0.292. The third-order valence-electron chi connectivity index (χ3n) is 4.74. The van der Waals surface area contributed by atoms with Crippen LogP contribution in [0.2, 0.25) is 0 Å². The van der Waals surface area contributed by atoms with Gasteiger partial charge in [0, 0.05) is 11.1 Å². The minimum absolute atomic E-state index is 0. The molecule has 0 aliphatic carbocycles. The number of carbonyl (C=O) groups is 1. The summed E-state index contributed by atoms with van der Waals surface area (Å²) >= 11 is 0. The maximum atomic E-state index is 12.5. The van der Waals surface area contributed by atoms with Crippen molar-refractivity contribution in [2.45, 2.75) is 39.2 Å². The highest BCUT2D eigenvalue weighted by molar-refractivity contribution is 5.98. The van der Waals surface area contributed by atoms with Crippen LogP contribution in [-0.4, -0.2) is 28.7 Å². The van der Waals surface area contributed by atoms with E-state index in [1.165, 1.54) is 0 Å². The minimum Gasteiger partial charge on any atom is -0.507 e. The number of rotatable bonds is 9. The van der Waals surface area contributed by atoms with Crippen molar-refractivity contribution in [2.24, 2.45) is 11.5 Å². The van der Waals surface area contributed by atoms with Crippen molar-refractivity contribution in [1.82, 2.24) is 0 Å². The van der Waals surface area contributed by atoms with E-state index in [9.17, 15) is 15.0 Å². The third-order valence-corrected chi connectivity index (χ3v) is 4.74. The lowest BCUT2D eigenvalue weighted by atomic mass is 9.97. The number of nitrogens with two attached hydrogens (primary N) is 2. The summed E-state index contributed by atoms with van der Waals surface area (Å²) in [5.74, 6) is -0.257. The molecule has 2 aromatic carbocycles. The van der Waals surface area contributed by atoms with E-state index in [0.717, 1.165) is 18.4 Å². The van der Waals surface area contributed by atoms with Crippen LogP contribution in [0.5, 0.6) is 11.5 Å². The number of nitrogens with one attached hydrogen (secondary N) is 1. The summed E-state index contributed by atoms with van der Waals surface area (Å²) in [6.07, 6.45) is 9.47. The van der Waals surface area contributed by atoms with Gasteiger partial charge >= 0.3 is 0 Å². The zero-order valence-electron chi connectivity index (χ0n) is 18.4. The molecule has 0 aromatic heterocycles. The largest absolute Gasteiger partial charge is 0.507 e. The Kier molecular flexibility index (Phi) is 13.4. The standard InChI is InChI=1S/C24H31N3O3.2ClH/c1-3-7-16-13-19(17-10-11-22(28)18(15-17)8-4-2)23(29)21(14-16)27-24(30)20(26)9-5-6-12-25;;/h3-4,7-8,10-11,13-15,20,28-29H,5-6,9,12,25-26H2,1-2H3,(H,27,30);2*1H. The monoisotopic (exact) mass is 481 g/mol. The first-order valence-electron chi connectivity index (χ1n) is 10.1. The Labute approximate surface area is 202 Å². The second-order valence-electron chi connectivity index (χ2n) is 7.12. The van der Waals surface area contributed by atoms with Crippen LogP contribution in [0.3, 0.4) is 0 Å². The molecule has 0 bridgehead atoms. The van der Waals surface area contributed by atoms with Gasteiger partial charge in [0.1, 0.15) is 11.5 Å². The molecular formula is C24H33Cl2N3O3. The van der Waals surface area contributed by atoms with Crippen molar-refractivity contribution in [1.29, 1.82) is 0 Å². The predicted octanol–water partition coefficient (Wildman–Crippen LogP) is 5.07. The van der Waals surface area contributed by atoms with Gasteiger partial charge in [-0.2, -0.15) is 0 Å². The van der Waals surface area contributed by atoms with Gasteiger partial charge < -0.3 is 27.0 Å². The van der Waals surface area contributed by atoms with E-state index in [1.54, 1.807) is 30.3 Å². The first-order chi connectivity index (χ1) is 14.4. The minimum atomic E-state index is -0.681. The third kappa shape index (κ3) is 7.88. The average molecular weight is 482 g/mol. The number of benzene rings is 2. The highest BCUT2D eigenvalue weighted by Crippen LogP contribution is 2.39. The van der Waals surface area contributed by atoms with Crippen molar-refractivity contribution < 1.29 is 15.0 Å². The lowest BCUT2D eigenvalue weighted by Gasteiger charge is -2.16. The van der Waals surface area contributed by atoms with Gasteiger partial charge in [-0.1, -0.05) is 36.8 Å². The number of aromatic hydroxyl groups is 2. The summed E-state index contributed by atoms with van der Waals surface area (Å²) in [7, 11) is 0. The second-order valence-corrected chi connectivity index (χ2v) is 7.12. The zero-order chi connectivity index (χ0) is 22.1. The van der Waals surface area contributed by atoms with E-state index in [-0.39, 0.29) is 42.2 Å². The quantitative estimate of drug-likeness (QED) is 0.252. The van der Waals surface area contributed by atoms with E-state index in [1.807, 2.05) is 38.1 Å². The molecule has 8 heteroatoms. The van der Waals surface area contributed by atoms with Gasteiger partial charge in [0.05, 0.1) is 11.7 Å². The van der Waals surface area contributed by atoms with Crippen molar-refractivity contribution in [3.8, 4) is 22.6 Å². The molecule has 0 fully saturated rings. The summed E-state index contributed by atoms with van der Waals surface area (Å²) in [5, 5.41) is 23.7. The SMILES string of the molecule is CC=Cc1cc(NC(=O)C(N)CCCCN)c(O)c(-c2ccc(O)c(C=CC)c2)c1.Cl.Cl. The molecule has 0 aliphatic rings. The topological polar surface area (TPSA) is 122 Å². The van der Waals surface area contributed by atoms with Gasteiger partial charge in [0.2, 0.25) is 5.91 Å². The van der Waals surface area contributed by atoms with E-state index in [2.05, 4.69) is 5.32 Å². The maximum Gasteiger partial charge on any atom is 0.241 e. The molecule has 1 atom stereocenters. The van der Waals surface area contributed by atoms with Crippen molar-refractivity contribution in [3.63, 3.8) is 0 Å². The number of hydrogen-bond donors (Lipinski definition) is 5. The molecule has 0 spiro atoms. The van der Waals surface area contributed by atoms with Gasteiger partial charge in [0.15, 0.2) is 0 Å². The molecule has 1 unspecified atom stereocenters. The van der Waals surface area contributed by atoms with E-state index < -0.39 is 6.04 Å². The normalized spacial score (nSPS) is 11.8. The number of hydrogen-bond acceptors (Lipinski definition) is 5. The highest BCUT2D eigenvalue weighted by Gasteiger charge is 2.18. The van der Waals surface area contributed by atoms with Crippen molar-refractivity contribution in [2.75, 3.05) is 11.9 Å². The molecule has 0 radical (unpaired) electrons. The molecule has 0 saturated heterocycles. The smallest absolute Gasteiger partial charge is 0.241 e. The number of amides is 1. The Morgan fingerprint density at radius 1 is 1.06 bits per heavy atom. The van der Waals surface area contributed by atoms with Crippen molar-refractivity contribution >= 4 is 48.6 Å². The van der Waals surface area contributed by atoms with Gasteiger partial charge in [-0.05, 0) is 68.6 Å². The summed E-state index contributed by atoms with van der Waals surface area (Å²) in [4.78, 5) is 12.5. The molecule has 0 aliphatic heterocycles. The van der Waals surface area contributed by atoms with Crippen LogP contribution in [0.1, 0.15) is 44.2 Å². The molecule has 1 amide bonds. The number of carbonyl (C=O) groups excluding carboxylic acids is 1. The van der Waals surface area contributed by atoms with Gasteiger partial charge in [-0.15, -0.1) is 24.8 Å². The van der Waals surface area contributed by atoms with Gasteiger partial charge in [-0.3, -0.25) is 4.79 Å². The zero-order valence-corrected chi connectivity index (χ0v) is 20.0. The van der Waals surface area contributed by atoms with Crippen molar-refractivity contribution in [3.05, 3.63) is 53.6 Å². The van der Waals surface area contributed by atoms with Crippen LogP contribution in [0.4, 0.5) is 5.69 Å². The number of allylic oxidation sites excluding steroid dienone is 2. The fourth-order valence-electron chi connectivity index (χ4n) is 3.16. The van der Waals surface area contributed by atoms with Gasteiger partial charge in [0.25, 0.3) is 0 Å². The lowest BCUT2D eigenvalue weighted by Crippen LogP contribution is -2.35. The van der Waals surface area contributed by atoms with Crippen LogP contribution >= 0.6 is 24.8 Å². The first-order valence-corrected chi connectivity index (χ1v) is 10.1. The molecule has 2 aromatic rings. The van der Waals surface area contributed by atoms with Crippen LogP contribution in [0.15, 0.2) is 42.5 Å². The average Bonchev–Trinajstić information content (AvgIpc) is 2.72. The summed E-state index contributed by atoms with van der Waals surface area (Å²) in [5.41, 5.74) is 14.5. The molecule has 2 rings (SSSR count). The Hall–Kier alpha value is -2.51. The Balaban J connectivity index is 0.00000480. The van der Waals surface area contributed by atoms with Crippen LogP contribution in [0, 0.1) is 0 Å². The van der Waals surface area contributed by atoms with E-state index >= 15 is 0 Å².